The van der Waals surface area contributed by atoms with Crippen molar-refractivity contribution in [1.29, 1.82) is 0 Å². The minimum absolute atomic E-state index is 0.265. The van der Waals surface area contributed by atoms with Crippen molar-refractivity contribution in [3.05, 3.63) is 83.2 Å². The van der Waals surface area contributed by atoms with Gasteiger partial charge in [-0.2, -0.15) is 0 Å². The molecule has 4 nitrogen and oxygen atoms in total. The fourth-order valence-corrected chi connectivity index (χ4v) is 3.25. The number of halogens is 2. The molecule has 27 heavy (non-hydrogen) atoms. The predicted octanol–water partition coefficient (Wildman–Crippen LogP) is 4.94. The van der Waals surface area contributed by atoms with Crippen LogP contribution in [0.25, 0.3) is 0 Å². The monoisotopic (exact) mass is 388 g/mol. The van der Waals surface area contributed by atoms with Gasteiger partial charge >= 0.3 is 0 Å². The van der Waals surface area contributed by atoms with Crippen LogP contribution in [-0.4, -0.2) is 14.7 Å². The predicted molar refractivity (Wildman–Crippen MR) is 103 cm³/mol. The summed E-state index contributed by atoms with van der Waals surface area (Å²) >= 11 is 5.91. The molecule has 0 bridgehead atoms. The summed E-state index contributed by atoms with van der Waals surface area (Å²) in [7, 11) is 0. The summed E-state index contributed by atoms with van der Waals surface area (Å²) in [6, 6.07) is 11.6. The third-order valence-corrected chi connectivity index (χ3v) is 4.67. The van der Waals surface area contributed by atoms with Gasteiger partial charge in [0.2, 0.25) is 0 Å². The van der Waals surface area contributed by atoms with E-state index in [9.17, 15) is 9.50 Å². The van der Waals surface area contributed by atoms with Gasteiger partial charge in [0, 0.05) is 23.0 Å². The molecule has 0 spiro atoms. The minimum Gasteiger partial charge on any atom is -0.489 e. The number of ether oxygens (including phenoxy) is 1. The van der Waals surface area contributed by atoms with Crippen molar-refractivity contribution in [2.45, 2.75) is 38.5 Å². The fourth-order valence-electron chi connectivity index (χ4n) is 3.13. The van der Waals surface area contributed by atoms with Crippen molar-refractivity contribution in [1.82, 2.24) is 9.55 Å². The number of aromatic nitrogens is 2. The topological polar surface area (TPSA) is 47.3 Å². The van der Waals surface area contributed by atoms with E-state index in [2.05, 4.69) is 4.98 Å². The minimum atomic E-state index is -1.27. The van der Waals surface area contributed by atoms with Crippen molar-refractivity contribution in [2.75, 3.05) is 0 Å². The number of imidazole rings is 1. The van der Waals surface area contributed by atoms with Gasteiger partial charge in [-0.15, -0.1) is 0 Å². The molecule has 0 aliphatic heterocycles. The molecule has 2 aromatic carbocycles. The van der Waals surface area contributed by atoms with Crippen LogP contribution in [0.2, 0.25) is 5.02 Å². The van der Waals surface area contributed by atoms with Gasteiger partial charge in [0.15, 0.2) is 0 Å². The summed E-state index contributed by atoms with van der Waals surface area (Å²) in [4.78, 5) is 4.02. The average Bonchev–Trinajstić information content (AvgIpc) is 3.15. The molecule has 1 unspecified atom stereocenters. The molecule has 1 N–H and O–H groups in total. The van der Waals surface area contributed by atoms with Crippen LogP contribution < -0.4 is 4.74 Å². The van der Waals surface area contributed by atoms with Crippen LogP contribution in [0.3, 0.4) is 0 Å². The summed E-state index contributed by atoms with van der Waals surface area (Å²) < 4.78 is 21.7. The summed E-state index contributed by atoms with van der Waals surface area (Å²) in [5.41, 5.74) is 0.0997. The molecule has 0 amide bonds. The van der Waals surface area contributed by atoms with Crippen LogP contribution in [0.5, 0.6) is 5.75 Å². The average molecular weight is 389 g/mol. The van der Waals surface area contributed by atoms with Crippen molar-refractivity contribution >= 4 is 11.6 Å². The Hall–Kier alpha value is -2.37. The maximum Gasteiger partial charge on any atom is 0.126 e. The molecule has 0 radical (unpaired) electrons. The van der Waals surface area contributed by atoms with Gasteiger partial charge in [-0.3, -0.25) is 0 Å². The van der Waals surface area contributed by atoms with Gasteiger partial charge < -0.3 is 14.4 Å². The molecule has 0 fully saturated rings. The first-order valence-corrected chi connectivity index (χ1v) is 9.23. The maximum absolute atomic E-state index is 14.0. The number of benzene rings is 2. The molecular formula is C21H22ClFN2O2. The highest BCUT2D eigenvalue weighted by Crippen LogP contribution is 2.36. The lowest BCUT2D eigenvalue weighted by Gasteiger charge is -2.30. The number of hydrogen-bond donors (Lipinski definition) is 1. The van der Waals surface area contributed by atoms with E-state index in [1.54, 1.807) is 41.5 Å². The highest BCUT2D eigenvalue weighted by atomic mass is 35.5. The Morgan fingerprint density at radius 2 is 2.00 bits per heavy atom. The molecular weight excluding hydrogens is 367 g/mol. The summed E-state index contributed by atoms with van der Waals surface area (Å²) in [6.45, 7) is 2.54. The second-order valence-electron chi connectivity index (χ2n) is 6.57. The summed E-state index contributed by atoms with van der Waals surface area (Å²) in [5, 5.41) is 12.0. The standard InChI is InChI=1S/C21H22ClFN2O2/c1-2-9-21(26,14-25-11-10-24-15-25)19-12-18(23)7-8-20(19)27-13-16-3-5-17(22)6-4-16/h3-8,10-12,15,26H,2,9,13-14H2,1H3. The van der Waals surface area contributed by atoms with Crippen molar-refractivity contribution in [3.63, 3.8) is 0 Å². The van der Waals surface area contributed by atoms with Gasteiger partial charge in [-0.05, 0) is 42.3 Å². The zero-order valence-corrected chi connectivity index (χ0v) is 15.9. The van der Waals surface area contributed by atoms with Gasteiger partial charge in [0.1, 0.15) is 23.8 Å². The highest BCUT2D eigenvalue weighted by Gasteiger charge is 2.32. The number of hydrogen-bond acceptors (Lipinski definition) is 3. The molecule has 142 valence electrons. The van der Waals surface area contributed by atoms with E-state index >= 15 is 0 Å². The smallest absolute Gasteiger partial charge is 0.126 e. The lowest BCUT2D eigenvalue weighted by Crippen LogP contribution is -2.31. The molecule has 1 atom stereocenters. The second kappa shape index (κ2) is 8.55. The molecule has 3 rings (SSSR count). The Bertz CT molecular complexity index is 868. The van der Waals surface area contributed by atoms with E-state index in [-0.39, 0.29) is 6.54 Å². The molecule has 0 aliphatic carbocycles. The van der Waals surface area contributed by atoms with E-state index < -0.39 is 11.4 Å². The van der Waals surface area contributed by atoms with Gasteiger partial charge in [0.05, 0.1) is 12.9 Å². The molecule has 6 heteroatoms. The first-order valence-electron chi connectivity index (χ1n) is 8.85. The Labute approximate surface area is 163 Å². The van der Waals surface area contributed by atoms with Crippen molar-refractivity contribution < 1.29 is 14.2 Å². The van der Waals surface area contributed by atoms with Crippen LogP contribution in [0.4, 0.5) is 4.39 Å². The lowest BCUT2D eigenvalue weighted by atomic mass is 9.88. The largest absolute Gasteiger partial charge is 0.489 e. The number of nitrogens with zero attached hydrogens (tertiary/aromatic N) is 2. The first-order chi connectivity index (χ1) is 13.0. The van der Waals surface area contributed by atoms with Crippen LogP contribution in [-0.2, 0) is 18.8 Å². The van der Waals surface area contributed by atoms with E-state index in [0.717, 1.165) is 12.0 Å². The normalized spacial score (nSPS) is 13.3. The summed E-state index contributed by atoms with van der Waals surface area (Å²) in [5.74, 6) is 0.0476. The van der Waals surface area contributed by atoms with Gasteiger partial charge in [0.25, 0.3) is 0 Å². The fraction of sp³-hybridized carbons (Fsp3) is 0.286. The number of aliphatic hydroxyl groups is 1. The van der Waals surface area contributed by atoms with E-state index in [4.69, 9.17) is 16.3 Å². The first kappa shape index (κ1) is 19.4. The van der Waals surface area contributed by atoms with E-state index in [1.165, 1.54) is 12.1 Å². The zero-order valence-electron chi connectivity index (χ0n) is 15.1. The van der Waals surface area contributed by atoms with Crippen LogP contribution in [0.15, 0.2) is 61.2 Å². The van der Waals surface area contributed by atoms with Gasteiger partial charge in [-0.1, -0.05) is 37.1 Å². The van der Waals surface area contributed by atoms with Crippen LogP contribution >= 0.6 is 11.6 Å². The molecule has 0 saturated heterocycles. The number of rotatable bonds is 8. The quantitative estimate of drug-likeness (QED) is 0.594. The molecule has 1 aromatic heterocycles. The third kappa shape index (κ3) is 4.87. The second-order valence-corrected chi connectivity index (χ2v) is 7.01. The van der Waals surface area contributed by atoms with Gasteiger partial charge in [-0.25, -0.2) is 9.37 Å². The SMILES string of the molecule is CCCC(O)(Cn1ccnc1)c1cc(F)ccc1OCc1ccc(Cl)cc1. The maximum atomic E-state index is 14.0. The highest BCUT2D eigenvalue weighted by molar-refractivity contribution is 6.30. The molecule has 3 aromatic rings. The van der Waals surface area contributed by atoms with Crippen molar-refractivity contribution in [3.8, 4) is 5.75 Å². The zero-order chi connectivity index (χ0) is 19.3. The Morgan fingerprint density at radius 3 is 2.67 bits per heavy atom. The molecule has 0 aliphatic rings. The Kier molecular flexibility index (Phi) is 6.14. The molecule has 0 saturated carbocycles. The lowest BCUT2D eigenvalue weighted by molar-refractivity contribution is 0.00578. The third-order valence-electron chi connectivity index (χ3n) is 4.42. The van der Waals surface area contributed by atoms with Crippen LogP contribution in [0.1, 0.15) is 30.9 Å². The summed E-state index contributed by atoms with van der Waals surface area (Å²) in [6.07, 6.45) is 6.25. The van der Waals surface area contributed by atoms with Crippen LogP contribution in [0, 0.1) is 5.82 Å². The van der Waals surface area contributed by atoms with Crippen molar-refractivity contribution in [2.24, 2.45) is 0 Å². The van der Waals surface area contributed by atoms with E-state index in [0.29, 0.717) is 29.4 Å². The Balaban J connectivity index is 1.89. The van der Waals surface area contributed by atoms with E-state index in [1.807, 2.05) is 19.1 Å². The molecule has 1 heterocycles. The Morgan fingerprint density at radius 1 is 1.22 bits per heavy atom.